The van der Waals surface area contributed by atoms with Gasteiger partial charge >= 0.3 is 5.97 Å². The molecule has 0 bridgehead atoms. The van der Waals surface area contributed by atoms with Crippen LogP contribution in [0.15, 0.2) is 18.2 Å². The maximum atomic E-state index is 11.4. The lowest BCUT2D eigenvalue weighted by atomic mass is 10.3. The predicted octanol–water partition coefficient (Wildman–Crippen LogP) is 2.54. The summed E-state index contributed by atoms with van der Waals surface area (Å²) in [6.07, 6.45) is -0.114. The Balaban J connectivity index is 2.79. The molecule has 0 aliphatic heterocycles. The van der Waals surface area contributed by atoms with Crippen molar-refractivity contribution in [3.05, 3.63) is 29.6 Å². The first-order chi connectivity index (χ1) is 6.63. The fourth-order valence-electron chi connectivity index (χ4n) is 0.942. The molecule has 0 aromatic carbocycles. The van der Waals surface area contributed by atoms with Gasteiger partial charge in [-0.15, -0.1) is 0 Å². The SMILES string of the molecule is CC(C)OC(=O)c1cccc(CBr)n1. The minimum atomic E-state index is -0.372. The van der Waals surface area contributed by atoms with Crippen LogP contribution in [0.2, 0.25) is 0 Å². The number of ether oxygens (including phenoxy) is 1. The summed E-state index contributed by atoms with van der Waals surface area (Å²) in [5.74, 6) is -0.372. The van der Waals surface area contributed by atoms with Gasteiger partial charge in [0.1, 0.15) is 5.69 Å². The molecule has 0 aliphatic carbocycles. The summed E-state index contributed by atoms with van der Waals surface area (Å²) >= 11 is 3.28. The molecule has 3 nitrogen and oxygen atoms in total. The van der Waals surface area contributed by atoms with Crippen LogP contribution in [0.4, 0.5) is 0 Å². The van der Waals surface area contributed by atoms with Gasteiger partial charge in [-0.05, 0) is 26.0 Å². The molecule has 0 spiro atoms. The first-order valence-electron chi connectivity index (χ1n) is 4.36. The lowest BCUT2D eigenvalue weighted by molar-refractivity contribution is 0.0370. The van der Waals surface area contributed by atoms with Crippen LogP contribution in [0.25, 0.3) is 0 Å². The van der Waals surface area contributed by atoms with Gasteiger partial charge in [0.2, 0.25) is 0 Å². The number of hydrogen-bond donors (Lipinski definition) is 0. The number of rotatable bonds is 3. The van der Waals surface area contributed by atoms with Crippen LogP contribution in [0.5, 0.6) is 0 Å². The molecular formula is C10H12BrNO2. The number of pyridine rings is 1. The van der Waals surface area contributed by atoms with Gasteiger partial charge in [-0.3, -0.25) is 0 Å². The van der Waals surface area contributed by atoms with Gasteiger partial charge in [-0.1, -0.05) is 22.0 Å². The molecule has 0 unspecified atom stereocenters. The average molecular weight is 258 g/mol. The smallest absolute Gasteiger partial charge is 0.357 e. The number of nitrogens with zero attached hydrogens (tertiary/aromatic N) is 1. The van der Waals surface area contributed by atoms with E-state index in [2.05, 4.69) is 20.9 Å². The van der Waals surface area contributed by atoms with Crippen LogP contribution in [0.3, 0.4) is 0 Å². The van der Waals surface area contributed by atoms with Crippen LogP contribution in [0, 0.1) is 0 Å². The van der Waals surface area contributed by atoms with E-state index < -0.39 is 0 Å². The Hall–Kier alpha value is -0.900. The Morgan fingerprint density at radius 3 is 2.86 bits per heavy atom. The van der Waals surface area contributed by atoms with Gasteiger partial charge in [0.15, 0.2) is 0 Å². The number of carbonyl (C=O) groups is 1. The van der Waals surface area contributed by atoms with Gasteiger partial charge in [-0.2, -0.15) is 0 Å². The van der Waals surface area contributed by atoms with Crippen molar-refractivity contribution in [1.82, 2.24) is 4.98 Å². The average Bonchev–Trinajstić information content (AvgIpc) is 2.17. The topological polar surface area (TPSA) is 39.2 Å². The van der Waals surface area contributed by atoms with Gasteiger partial charge in [0.25, 0.3) is 0 Å². The maximum absolute atomic E-state index is 11.4. The fraction of sp³-hybridized carbons (Fsp3) is 0.400. The van der Waals surface area contributed by atoms with Gasteiger partial charge in [0, 0.05) is 5.33 Å². The summed E-state index contributed by atoms with van der Waals surface area (Å²) in [5.41, 5.74) is 1.18. The van der Waals surface area contributed by atoms with E-state index in [1.807, 2.05) is 19.9 Å². The highest BCUT2D eigenvalue weighted by Crippen LogP contribution is 2.06. The molecule has 0 fully saturated rings. The molecule has 1 aromatic rings. The molecule has 4 heteroatoms. The number of hydrogen-bond acceptors (Lipinski definition) is 3. The number of alkyl halides is 1. The van der Waals surface area contributed by atoms with Crippen molar-refractivity contribution in [2.75, 3.05) is 0 Å². The molecule has 0 atom stereocenters. The van der Waals surface area contributed by atoms with E-state index in [9.17, 15) is 4.79 Å². The summed E-state index contributed by atoms with van der Waals surface area (Å²) < 4.78 is 5.02. The molecule has 0 amide bonds. The third-order valence-corrected chi connectivity index (χ3v) is 2.07. The zero-order valence-corrected chi connectivity index (χ0v) is 9.74. The Morgan fingerprint density at radius 2 is 2.29 bits per heavy atom. The molecule has 0 radical (unpaired) electrons. The second-order valence-corrected chi connectivity index (χ2v) is 3.66. The summed E-state index contributed by atoms with van der Waals surface area (Å²) in [4.78, 5) is 15.5. The monoisotopic (exact) mass is 257 g/mol. The molecule has 0 N–H and O–H groups in total. The van der Waals surface area contributed by atoms with Gasteiger partial charge in [0.05, 0.1) is 11.8 Å². The molecule has 76 valence electrons. The van der Waals surface area contributed by atoms with Crippen LogP contribution in [0.1, 0.15) is 30.0 Å². The molecular weight excluding hydrogens is 246 g/mol. The molecule has 1 heterocycles. The van der Waals surface area contributed by atoms with Crippen LogP contribution >= 0.6 is 15.9 Å². The van der Waals surface area contributed by atoms with Crippen molar-refractivity contribution in [2.24, 2.45) is 0 Å². The highest BCUT2D eigenvalue weighted by atomic mass is 79.9. The summed E-state index contributed by atoms with van der Waals surface area (Å²) in [6, 6.07) is 5.29. The minimum absolute atomic E-state index is 0.114. The van der Waals surface area contributed by atoms with Crippen molar-refractivity contribution in [3.63, 3.8) is 0 Å². The number of esters is 1. The lowest BCUT2D eigenvalue weighted by Crippen LogP contribution is -2.13. The van der Waals surface area contributed by atoms with Crippen LogP contribution in [-0.4, -0.2) is 17.1 Å². The standard InChI is InChI=1S/C10H12BrNO2/c1-7(2)14-10(13)9-5-3-4-8(6-11)12-9/h3-5,7H,6H2,1-2H3. The third-order valence-electron chi connectivity index (χ3n) is 1.50. The Morgan fingerprint density at radius 1 is 1.57 bits per heavy atom. The maximum Gasteiger partial charge on any atom is 0.357 e. The molecule has 1 aromatic heterocycles. The highest BCUT2D eigenvalue weighted by Gasteiger charge is 2.10. The molecule has 0 saturated carbocycles. The predicted molar refractivity (Wildman–Crippen MR) is 57.4 cm³/mol. The van der Waals surface area contributed by atoms with Crippen LogP contribution in [-0.2, 0) is 10.1 Å². The van der Waals surface area contributed by atoms with Crippen LogP contribution < -0.4 is 0 Å². The highest BCUT2D eigenvalue weighted by molar-refractivity contribution is 9.08. The lowest BCUT2D eigenvalue weighted by Gasteiger charge is -2.07. The van der Waals surface area contributed by atoms with Crippen molar-refractivity contribution >= 4 is 21.9 Å². The first kappa shape index (κ1) is 11.2. The Bertz CT molecular complexity index is 326. The molecule has 0 saturated heterocycles. The van der Waals surface area contributed by atoms with Gasteiger partial charge in [-0.25, -0.2) is 9.78 Å². The van der Waals surface area contributed by atoms with E-state index in [0.29, 0.717) is 11.0 Å². The van der Waals surface area contributed by atoms with Crippen molar-refractivity contribution < 1.29 is 9.53 Å². The molecule has 0 aliphatic rings. The Labute approximate surface area is 91.6 Å². The molecule has 1 rings (SSSR count). The third kappa shape index (κ3) is 3.10. The van der Waals surface area contributed by atoms with E-state index in [1.165, 1.54) is 0 Å². The minimum Gasteiger partial charge on any atom is -0.458 e. The second-order valence-electron chi connectivity index (χ2n) is 3.10. The van der Waals surface area contributed by atoms with Crippen molar-refractivity contribution in [1.29, 1.82) is 0 Å². The number of carbonyl (C=O) groups excluding carboxylic acids is 1. The van der Waals surface area contributed by atoms with Crippen molar-refractivity contribution in [3.8, 4) is 0 Å². The van der Waals surface area contributed by atoms with E-state index >= 15 is 0 Å². The van der Waals surface area contributed by atoms with E-state index in [1.54, 1.807) is 12.1 Å². The van der Waals surface area contributed by atoms with E-state index in [4.69, 9.17) is 4.74 Å². The Kier molecular flexibility index (Phi) is 4.07. The quantitative estimate of drug-likeness (QED) is 0.617. The summed E-state index contributed by atoms with van der Waals surface area (Å²) in [7, 11) is 0. The van der Waals surface area contributed by atoms with E-state index in [0.717, 1.165) is 5.69 Å². The fourth-order valence-corrected chi connectivity index (χ4v) is 1.25. The first-order valence-corrected chi connectivity index (χ1v) is 5.48. The summed E-state index contributed by atoms with van der Waals surface area (Å²) in [5, 5.41) is 0.635. The zero-order chi connectivity index (χ0) is 10.6. The summed E-state index contributed by atoms with van der Waals surface area (Å²) in [6.45, 7) is 3.62. The second kappa shape index (κ2) is 5.10. The zero-order valence-electron chi connectivity index (χ0n) is 8.16. The van der Waals surface area contributed by atoms with Crippen molar-refractivity contribution in [2.45, 2.75) is 25.3 Å². The molecule has 14 heavy (non-hydrogen) atoms. The normalized spacial score (nSPS) is 10.3. The van der Waals surface area contributed by atoms with E-state index in [-0.39, 0.29) is 12.1 Å². The number of halogens is 1. The number of aromatic nitrogens is 1. The largest absolute Gasteiger partial charge is 0.458 e. The van der Waals surface area contributed by atoms with Gasteiger partial charge < -0.3 is 4.74 Å².